The van der Waals surface area contributed by atoms with Crippen molar-refractivity contribution >= 4 is 11.8 Å². The van der Waals surface area contributed by atoms with Gasteiger partial charge >= 0.3 is 5.97 Å². The maximum atomic E-state index is 12.3. The summed E-state index contributed by atoms with van der Waals surface area (Å²) in [7, 11) is 0. The number of rotatable bonds is 5. The highest BCUT2D eigenvalue weighted by molar-refractivity contribution is 6.08. The molecule has 1 N–H and O–H groups in total. The van der Waals surface area contributed by atoms with Crippen molar-refractivity contribution in [1.29, 1.82) is 0 Å². The molecule has 0 unspecified atom stereocenters. The van der Waals surface area contributed by atoms with E-state index in [0.717, 1.165) is 16.7 Å². The molecular formula is C22H18O3. The van der Waals surface area contributed by atoms with Crippen LogP contribution >= 0.6 is 0 Å². The standard InChI is InChI=1S/C22H18O3/c1-2-20(23)18-9-6-10-19(22(24)25)21(18)17-13-11-16(12-14-17)15-7-4-3-5-8-15/h3-14H,2H2,1H3,(H,24,25). The van der Waals surface area contributed by atoms with Crippen molar-refractivity contribution in [2.24, 2.45) is 0 Å². The molecule has 0 aliphatic carbocycles. The fraction of sp³-hybridized carbons (Fsp3) is 0.0909. The van der Waals surface area contributed by atoms with Crippen LogP contribution in [0.5, 0.6) is 0 Å². The fourth-order valence-electron chi connectivity index (χ4n) is 2.92. The van der Waals surface area contributed by atoms with Crippen LogP contribution in [0.25, 0.3) is 22.3 Å². The van der Waals surface area contributed by atoms with Crippen LogP contribution in [0, 0.1) is 0 Å². The average Bonchev–Trinajstić information content (AvgIpc) is 2.67. The van der Waals surface area contributed by atoms with E-state index in [1.807, 2.05) is 54.6 Å². The minimum Gasteiger partial charge on any atom is -0.478 e. The van der Waals surface area contributed by atoms with Gasteiger partial charge in [0, 0.05) is 17.5 Å². The van der Waals surface area contributed by atoms with Crippen LogP contribution in [-0.4, -0.2) is 16.9 Å². The van der Waals surface area contributed by atoms with Gasteiger partial charge in [0.2, 0.25) is 0 Å². The summed E-state index contributed by atoms with van der Waals surface area (Å²) in [5.74, 6) is -1.10. The van der Waals surface area contributed by atoms with Gasteiger partial charge in [-0.2, -0.15) is 0 Å². The van der Waals surface area contributed by atoms with Gasteiger partial charge in [0.15, 0.2) is 5.78 Å². The van der Waals surface area contributed by atoms with E-state index < -0.39 is 5.97 Å². The lowest BCUT2D eigenvalue weighted by Gasteiger charge is -2.12. The third-order valence-electron chi connectivity index (χ3n) is 4.20. The largest absolute Gasteiger partial charge is 0.478 e. The van der Waals surface area contributed by atoms with Gasteiger partial charge < -0.3 is 5.11 Å². The Labute approximate surface area is 146 Å². The summed E-state index contributed by atoms with van der Waals surface area (Å²) >= 11 is 0. The number of carboxylic acid groups (broad SMARTS) is 1. The minimum absolute atomic E-state index is 0.0646. The van der Waals surface area contributed by atoms with Crippen LogP contribution in [-0.2, 0) is 0 Å². The highest BCUT2D eigenvalue weighted by Gasteiger charge is 2.19. The molecule has 124 valence electrons. The van der Waals surface area contributed by atoms with Gasteiger partial charge in [0.25, 0.3) is 0 Å². The number of benzene rings is 3. The second-order valence-corrected chi connectivity index (χ2v) is 5.75. The summed E-state index contributed by atoms with van der Waals surface area (Å²) in [5, 5.41) is 9.53. The lowest BCUT2D eigenvalue weighted by Crippen LogP contribution is -2.06. The molecule has 0 heterocycles. The molecule has 3 aromatic carbocycles. The highest BCUT2D eigenvalue weighted by Crippen LogP contribution is 2.31. The molecule has 0 atom stereocenters. The SMILES string of the molecule is CCC(=O)c1cccc(C(=O)O)c1-c1ccc(-c2ccccc2)cc1. The van der Waals surface area contributed by atoms with Crippen molar-refractivity contribution in [3.63, 3.8) is 0 Å². The number of carboxylic acids is 1. The molecule has 0 aliphatic rings. The molecule has 0 amide bonds. The van der Waals surface area contributed by atoms with E-state index in [1.54, 1.807) is 19.1 Å². The first-order chi connectivity index (χ1) is 12.1. The molecule has 3 nitrogen and oxygen atoms in total. The molecule has 3 aromatic rings. The van der Waals surface area contributed by atoms with Crippen LogP contribution in [0.15, 0.2) is 72.8 Å². The van der Waals surface area contributed by atoms with Crippen LogP contribution in [0.3, 0.4) is 0 Å². The highest BCUT2D eigenvalue weighted by atomic mass is 16.4. The Morgan fingerprint density at radius 2 is 1.28 bits per heavy atom. The van der Waals surface area contributed by atoms with E-state index >= 15 is 0 Å². The molecular weight excluding hydrogens is 312 g/mol. The first-order valence-corrected chi connectivity index (χ1v) is 8.17. The molecule has 0 aliphatic heterocycles. The van der Waals surface area contributed by atoms with Crippen LogP contribution in [0.1, 0.15) is 34.1 Å². The molecule has 0 spiro atoms. The fourth-order valence-corrected chi connectivity index (χ4v) is 2.92. The molecule has 0 saturated carbocycles. The van der Waals surface area contributed by atoms with Crippen molar-refractivity contribution < 1.29 is 14.7 Å². The number of carbonyl (C=O) groups excluding carboxylic acids is 1. The Morgan fingerprint density at radius 1 is 0.720 bits per heavy atom. The lowest BCUT2D eigenvalue weighted by atomic mass is 9.90. The van der Waals surface area contributed by atoms with Gasteiger partial charge in [-0.1, -0.05) is 73.7 Å². The number of carbonyl (C=O) groups is 2. The zero-order valence-corrected chi connectivity index (χ0v) is 13.9. The van der Waals surface area contributed by atoms with Crippen molar-refractivity contribution in [3.05, 3.63) is 83.9 Å². The monoisotopic (exact) mass is 330 g/mol. The Hall–Kier alpha value is -3.20. The second-order valence-electron chi connectivity index (χ2n) is 5.75. The number of hydrogen-bond acceptors (Lipinski definition) is 2. The third kappa shape index (κ3) is 3.36. The number of ketones is 1. The summed E-state index contributed by atoms with van der Waals surface area (Å²) < 4.78 is 0. The Morgan fingerprint density at radius 3 is 1.88 bits per heavy atom. The topological polar surface area (TPSA) is 54.4 Å². The molecule has 0 bridgehead atoms. The number of Topliss-reactive ketones (excluding diaryl/α,β-unsaturated/α-hetero) is 1. The van der Waals surface area contributed by atoms with Gasteiger partial charge in [-0.25, -0.2) is 4.79 Å². The summed E-state index contributed by atoms with van der Waals surface area (Å²) in [6, 6.07) is 22.4. The zero-order chi connectivity index (χ0) is 17.8. The van der Waals surface area contributed by atoms with E-state index in [-0.39, 0.29) is 11.3 Å². The molecule has 0 saturated heterocycles. The summed E-state index contributed by atoms with van der Waals surface area (Å²) in [5.41, 5.74) is 3.95. The first-order valence-electron chi connectivity index (χ1n) is 8.17. The first kappa shape index (κ1) is 16.7. The lowest BCUT2D eigenvalue weighted by molar-refractivity contribution is 0.0697. The third-order valence-corrected chi connectivity index (χ3v) is 4.20. The van der Waals surface area contributed by atoms with Gasteiger partial charge in [-0.15, -0.1) is 0 Å². The summed E-state index contributed by atoms with van der Waals surface area (Å²) in [6.45, 7) is 1.78. The van der Waals surface area contributed by atoms with E-state index in [0.29, 0.717) is 17.5 Å². The maximum absolute atomic E-state index is 12.3. The zero-order valence-electron chi connectivity index (χ0n) is 13.9. The molecule has 0 radical (unpaired) electrons. The van der Waals surface area contributed by atoms with E-state index in [2.05, 4.69) is 0 Å². The molecule has 3 rings (SSSR count). The van der Waals surface area contributed by atoms with Crippen LogP contribution in [0.4, 0.5) is 0 Å². The quantitative estimate of drug-likeness (QED) is 0.645. The van der Waals surface area contributed by atoms with Gasteiger partial charge in [-0.3, -0.25) is 4.79 Å². The van der Waals surface area contributed by atoms with Crippen molar-refractivity contribution in [2.75, 3.05) is 0 Å². The average molecular weight is 330 g/mol. The number of hydrogen-bond donors (Lipinski definition) is 1. The summed E-state index contributed by atoms with van der Waals surface area (Å²) in [6.07, 6.45) is 0.332. The van der Waals surface area contributed by atoms with Crippen LogP contribution in [0.2, 0.25) is 0 Å². The molecule has 25 heavy (non-hydrogen) atoms. The smallest absolute Gasteiger partial charge is 0.336 e. The molecule has 3 heteroatoms. The van der Waals surface area contributed by atoms with E-state index in [4.69, 9.17) is 0 Å². The summed E-state index contributed by atoms with van der Waals surface area (Å²) in [4.78, 5) is 23.9. The minimum atomic E-state index is -1.03. The Kier molecular flexibility index (Phi) is 4.75. The van der Waals surface area contributed by atoms with Crippen molar-refractivity contribution in [2.45, 2.75) is 13.3 Å². The number of aromatic carboxylic acids is 1. The second kappa shape index (κ2) is 7.14. The molecule has 0 aromatic heterocycles. The predicted molar refractivity (Wildman–Crippen MR) is 98.9 cm³/mol. The Bertz CT molecular complexity index is 910. The maximum Gasteiger partial charge on any atom is 0.336 e. The van der Waals surface area contributed by atoms with Crippen LogP contribution < -0.4 is 0 Å². The Balaban J connectivity index is 2.12. The molecule has 0 fully saturated rings. The van der Waals surface area contributed by atoms with Gasteiger partial charge in [-0.05, 0) is 22.8 Å². The van der Waals surface area contributed by atoms with Gasteiger partial charge in [0.05, 0.1) is 5.56 Å². The normalized spacial score (nSPS) is 10.4. The van der Waals surface area contributed by atoms with Crippen molar-refractivity contribution in [1.82, 2.24) is 0 Å². The van der Waals surface area contributed by atoms with Crippen molar-refractivity contribution in [3.8, 4) is 22.3 Å². The van der Waals surface area contributed by atoms with Gasteiger partial charge in [0.1, 0.15) is 0 Å². The predicted octanol–water partition coefficient (Wildman–Crippen LogP) is 5.31. The van der Waals surface area contributed by atoms with E-state index in [1.165, 1.54) is 6.07 Å². The van der Waals surface area contributed by atoms with E-state index in [9.17, 15) is 14.7 Å².